The van der Waals surface area contributed by atoms with Gasteiger partial charge in [0.1, 0.15) is 5.69 Å². The molecule has 0 aliphatic carbocycles. The molecule has 0 aromatic heterocycles. The number of carboxylic acids is 1. The molecule has 1 saturated heterocycles. The lowest BCUT2D eigenvalue weighted by Crippen LogP contribution is -2.45. The fourth-order valence-electron chi connectivity index (χ4n) is 3.72. The van der Waals surface area contributed by atoms with Crippen LogP contribution in [-0.2, 0) is 4.79 Å². The van der Waals surface area contributed by atoms with Gasteiger partial charge in [0.15, 0.2) is 5.78 Å². The highest BCUT2D eigenvalue weighted by atomic mass is 16.6. The molecule has 0 amide bonds. The van der Waals surface area contributed by atoms with Crippen LogP contribution >= 0.6 is 0 Å². The van der Waals surface area contributed by atoms with E-state index in [0.717, 1.165) is 0 Å². The Morgan fingerprint density at radius 2 is 1.79 bits per heavy atom. The van der Waals surface area contributed by atoms with Gasteiger partial charge in [-0.25, -0.2) is 0 Å². The maximum atomic E-state index is 12.6. The Morgan fingerprint density at radius 1 is 1.14 bits per heavy atom. The molecule has 0 spiro atoms. The Bertz CT molecular complexity index is 908. The van der Waals surface area contributed by atoms with Crippen LogP contribution in [0.5, 0.6) is 0 Å². The van der Waals surface area contributed by atoms with Crippen molar-refractivity contribution >= 4 is 23.1 Å². The number of nitro benzene ring substituents is 1. The lowest BCUT2D eigenvalue weighted by molar-refractivity contribution is -0.384. The molecule has 0 radical (unpaired) electrons. The molecule has 0 unspecified atom stereocenters. The molecule has 2 aromatic carbocycles. The van der Waals surface area contributed by atoms with Gasteiger partial charge in [0.25, 0.3) is 5.69 Å². The lowest BCUT2D eigenvalue weighted by atomic mass is 10.00. The van der Waals surface area contributed by atoms with Crippen molar-refractivity contribution in [3.8, 4) is 0 Å². The van der Waals surface area contributed by atoms with Crippen molar-refractivity contribution < 1.29 is 19.6 Å². The van der Waals surface area contributed by atoms with Crippen LogP contribution < -0.4 is 4.90 Å². The number of likely N-dealkylation sites (N-methyl/N-ethyl adjacent to an activating group) is 1. The Hall–Kier alpha value is -3.26. The predicted octanol–water partition coefficient (Wildman–Crippen LogP) is 2.81. The molecule has 152 valence electrons. The van der Waals surface area contributed by atoms with E-state index in [0.29, 0.717) is 37.2 Å². The molecule has 1 aliphatic heterocycles. The van der Waals surface area contributed by atoms with E-state index in [4.69, 9.17) is 5.11 Å². The number of piperidine rings is 1. The number of hydrogen-bond acceptors (Lipinski definition) is 6. The van der Waals surface area contributed by atoms with E-state index in [-0.39, 0.29) is 29.6 Å². The van der Waals surface area contributed by atoms with Crippen LogP contribution in [0.4, 0.5) is 11.4 Å². The number of hydrogen-bond donors (Lipinski definition) is 1. The van der Waals surface area contributed by atoms with E-state index in [1.54, 1.807) is 54.4 Å². The van der Waals surface area contributed by atoms with Gasteiger partial charge in [-0.15, -0.1) is 0 Å². The van der Waals surface area contributed by atoms with E-state index in [2.05, 4.69) is 0 Å². The first kappa shape index (κ1) is 20.5. The van der Waals surface area contributed by atoms with E-state index in [9.17, 15) is 19.7 Å². The number of anilines is 1. The van der Waals surface area contributed by atoms with Gasteiger partial charge < -0.3 is 10.0 Å². The SMILES string of the molecule is CN(CC(=O)O)C1CCN(c2ccc(C(=O)c3ccccc3)cc2[N+](=O)[O-])CC1. The van der Waals surface area contributed by atoms with Crippen LogP contribution in [0.15, 0.2) is 48.5 Å². The van der Waals surface area contributed by atoms with Gasteiger partial charge in [-0.3, -0.25) is 24.6 Å². The average Bonchev–Trinajstić information content (AvgIpc) is 2.73. The van der Waals surface area contributed by atoms with Crippen LogP contribution in [0.25, 0.3) is 0 Å². The van der Waals surface area contributed by atoms with Crippen molar-refractivity contribution in [1.82, 2.24) is 4.90 Å². The smallest absolute Gasteiger partial charge is 0.317 e. The van der Waals surface area contributed by atoms with Crippen molar-refractivity contribution in [3.05, 3.63) is 69.8 Å². The number of rotatable bonds is 7. The quantitative estimate of drug-likeness (QED) is 0.435. The minimum Gasteiger partial charge on any atom is -0.480 e. The van der Waals surface area contributed by atoms with Crippen molar-refractivity contribution in [1.29, 1.82) is 0 Å². The standard InChI is InChI=1S/C21H23N3O5/c1-22(14-20(25)26)17-9-11-23(12-10-17)18-8-7-16(13-19(18)24(28)29)21(27)15-5-3-2-4-6-15/h2-8,13,17H,9-12,14H2,1H3,(H,25,26). The normalized spacial score (nSPS) is 14.8. The van der Waals surface area contributed by atoms with Crippen molar-refractivity contribution in [2.24, 2.45) is 0 Å². The predicted molar refractivity (Wildman–Crippen MR) is 108 cm³/mol. The van der Waals surface area contributed by atoms with Gasteiger partial charge in [-0.1, -0.05) is 30.3 Å². The third-order valence-corrected chi connectivity index (χ3v) is 5.28. The van der Waals surface area contributed by atoms with Crippen molar-refractivity contribution in [3.63, 3.8) is 0 Å². The van der Waals surface area contributed by atoms with Gasteiger partial charge in [-0.05, 0) is 32.0 Å². The highest BCUT2D eigenvalue weighted by Gasteiger charge is 2.28. The van der Waals surface area contributed by atoms with Gasteiger partial charge in [0.2, 0.25) is 0 Å². The van der Waals surface area contributed by atoms with Crippen LogP contribution in [0.3, 0.4) is 0 Å². The first-order valence-corrected chi connectivity index (χ1v) is 9.42. The highest BCUT2D eigenvalue weighted by molar-refractivity contribution is 6.09. The molecule has 3 rings (SSSR count). The van der Waals surface area contributed by atoms with E-state index in [1.165, 1.54) is 6.07 Å². The molecule has 1 heterocycles. The number of carbonyl (C=O) groups excluding carboxylic acids is 1. The van der Waals surface area contributed by atoms with Gasteiger partial charge >= 0.3 is 5.97 Å². The van der Waals surface area contributed by atoms with Crippen molar-refractivity contribution in [2.75, 3.05) is 31.6 Å². The van der Waals surface area contributed by atoms with Crippen LogP contribution in [0.1, 0.15) is 28.8 Å². The number of ketones is 1. The zero-order valence-corrected chi connectivity index (χ0v) is 16.2. The molecule has 8 heteroatoms. The molecule has 1 aliphatic rings. The number of carbonyl (C=O) groups is 2. The second-order valence-electron chi connectivity index (χ2n) is 7.18. The minimum atomic E-state index is -0.871. The van der Waals surface area contributed by atoms with E-state index >= 15 is 0 Å². The molecule has 1 N–H and O–H groups in total. The fourth-order valence-corrected chi connectivity index (χ4v) is 3.72. The van der Waals surface area contributed by atoms with Gasteiger partial charge in [0, 0.05) is 36.3 Å². The average molecular weight is 397 g/mol. The summed E-state index contributed by atoms with van der Waals surface area (Å²) >= 11 is 0. The topological polar surface area (TPSA) is 104 Å². The summed E-state index contributed by atoms with van der Waals surface area (Å²) in [5.74, 6) is -1.13. The molecule has 8 nitrogen and oxygen atoms in total. The Balaban J connectivity index is 1.78. The monoisotopic (exact) mass is 397 g/mol. The molecular formula is C21H23N3O5. The summed E-state index contributed by atoms with van der Waals surface area (Å²) in [5.41, 5.74) is 1.16. The van der Waals surface area contributed by atoms with Crippen LogP contribution in [0.2, 0.25) is 0 Å². The first-order chi connectivity index (χ1) is 13.9. The van der Waals surface area contributed by atoms with Gasteiger partial charge in [0.05, 0.1) is 11.5 Å². The van der Waals surface area contributed by atoms with Crippen LogP contribution in [0, 0.1) is 10.1 Å². The highest BCUT2D eigenvalue weighted by Crippen LogP contribution is 2.32. The van der Waals surface area contributed by atoms with E-state index < -0.39 is 10.9 Å². The third-order valence-electron chi connectivity index (χ3n) is 5.28. The zero-order chi connectivity index (χ0) is 21.0. The van der Waals surface area contributed by atoms with E-state index in [1.807, 2.05) is 4.90 Å². The number of benzene rings is 2. The summed E-state index contributed by atoms with van der Waals surface area (Å²) in [7, 11) is 1.78. The lowest BCUT2D eigenvalue weighted by Gasteiger charge is -2.37. The molecule has 0 atom stereocenters. The summed E-state index contributed by atoms with van der Waals surface area (Å²) < 4.78 is 0. The third kappa shape index (κ3) is 4.78. The number of carboxylic acid groups (broad SMARTS) is 1. The molecule has 1 fully saturated rings. The zero-order valence-electron chi connectivity index (χ0n) is 16.2. The Morgan fingerprint density at radius 3 is 2.38 bits per heavy atom. The maximum Gasteiger partial charge on any atom is 0.317 e. The van der Waals surface area contributed by atoms with Crippen molar-refractivity contribution in [2.45, 2.75) is 18.9 Å². The second kappa shape index (κ2) is 8.83. The largest absolute Gasteiger partial charge is 0.480 e. The Labute approximate surface area is 168 Å². The molecule has 0 bridgehead atoms. The number of nitrogens with zero attached hydrogens (tertiary/aromatic N) is 3. The molecule has 0 saturated carbocycles. The summed E-state index contributed by atoms with van der Waals surface area (Å²) in [4.78, 5) is 38.5. The van der Waals surface area contributed by atoms with Crippen LogP contribution in [-0.4, -0.2) is 59.4 Å². The molecule has 2 aromatic rings. The Kier molecular flexibility index (Phi) is 6.23. The maximum absolute atomic E-state index is 12.6. The number of nitro groups is 1. The second-order valence-corrected chi connectivity index (χ2v) is 7.18. The minimum absolute atomic E-state index is 0.0267. The fraction of sp³-hybridized carbons (Fsp3) is 0.333. The molecule has 29 heavy (non-hydrogen) atoms. The summed E-state index contributed by atoms with van der Waals surface area (Å²) in [6.07, 6.45) is 1.43. The number of aliphatic carboxylic acids is 1. The van der Waals surface area contributed by atoms with Gasteiger partial charge in [-0.2, -0.15) is 0 Å². The molecular weight excluding hydrogens is 374 g/mol. The summed E-state index contributed by atoms with van der Waals surface area (Å²) in [6.45, 7) is 1.14. The summed E-state index contributed by atoms with van der Waals surface area (Å²) in [5, 5.41) is 20.6. The summed E-state index contributed by atoms with van der Waals surface area (Å²) in [6, 6.07) is 13.4. The first-order valence-electron chi connectivity index (χ1n) is 9.42.